The quantitative estimate of drug-likeness (QED) is 0.677. The van der Waals surface area contributed by atoms with E-state index in [-0.39, 0.29) is 0 Å². The van der Waals surface area contributed by atoms with Crippen LogP contribution in [0.25, 0.3) is 0 Å². The smallest absolute Gasteiger partial charge is 0.118 e. The van der Waals surface area contributed by atoms with E-state index < -0.39 is 0 Å². The molecule has 0 aliphatic carbocycles. The SMILES string of the molecule is COc1ccc(CCN(Cc2ccccc2)C(C)CN2CCOCC2)cc1. The Labute approximate surface area is 163 Å². The molecule has 1 aliphatic rings. The Morgan fingerprint density at radius 3 is 2.37 bits per heavy atom. The summed E-state index contributed by atoms with van der Waals surface area (Å²) in [4.78, 5) is 5.13. The van der Waals surface area contributed by atoms with E-state index in [9.17, 15) is 0 Å². The molecule has 1 saturated heterocycles. The molecular formula is C23H32N2O2. The summed E-state index contributed by atoms with van der Waals surface area (Å²) in [5.74, 6) is 0.917. The molecule has 2 aromatic rings. The lowest BCUT2D eigenvalue weighted by Gasteiger charge is -2.35. The molecule has 0 N–H and O–H groups in total. The minimum absolute atomic E-state index is 0.501. The Balaban J connectivity index is 1.62. The van der Waals surface area contributed by atoms with Gasteiger partial charge in [0.15, 0.2) is 0 Å². The van der Waals surface area contributed by atoms with E-state index in [2.05, 4.69) is 59.2 Å². The molecule has 2 aromatic carbocycles. The molecule has 0 saturated carbocycles. The van der Waals surface area contributed by atoms with Gasteiger partial charge in [-0.2, -0.15) is 0 Å². The van der Waals surface area contributed by atoms with Crippen molar-refractivity contribution in [1.29, 1.82) is 0 Å². The molecule has 146 valence electrons. The Hall–Kier alpha value is -1.88. The Kier molecular flexibility index (Phi) is 7.69. The zero-order valence-corrected chi connectivity index (χ0v) is 16.6. The lowest BCUT2D eigenvalue weighted by atomic mass is 10.1. The lowest BCUT2D eigenvalue weighted by molar-refractivity contribution is 0.0237. The molecule has 0 radical (unpaired) electrons. The van der Waals surface area contributed by atoms with Gasteiger partial charge < -0.3 is 9.47 Å². The van der Waals surface area contributed by atoms with E-state index in [0.29, 0.717) is 6.04 Å². The molecule has 0 aromatic heterocycles. The predicted molar refractivity (Wildman–Crippen MR) is 110 cm³/mol. The first-order chi connectivity index (χ1) is 13.2. The van der Waals surface area contributed by atoms with Gasteiger partial charge in [0.25, 0.3) is 0 Å². The molecule has 3 rings (SSSR count). The maximum Gasteiger partial charge on any atom is 0.118 e. The fourth-order valence-electron chi connectivity index (χ4n) is 3.61. The average molecular weight is 369 g/mol. The van der Waals surface area contributed by atoms with Crippen molar-refractivity contribution in [3.63, 3.8) is 0 Å². The third kappa shape index (κ3) is 6.35. The number of rotatable bonds is 9. The topological polar surface area (TPSA) is 24.9 Å². The van der Waals surface area contributed by atoms with Crippen LogP contribution in [0.15, 0.2) is 54.6 Å². The minimum atomic E-state index is 0.501. The van der Waals surface area contributed by atoms with Gasteiger partial charge in [-0.05, 0) is 36.6 Å². The molecule has 27 heavy (non-hydrogen) atoms. The van der Waals surface area contributed by atoms with Crippen molar-refractivity contribution in [3.8, 4) is 5.75 Å². The monoisotopic (exact) mass is 368 g/mol. The van der Waals surface area contributed by atoms with Crippen molar-refractivity contribution >= 4 is 0 Å². The fourth-order valence-corrected chi connectivity index (χ4v) is 3.61. The van der Waals surface area contributed by atoms with Crippen LogP contribution >= 0.6 is 0 Å². The Morgan fingerprint density at radius 1 is 1.00 bits per heavy atom. The first-order valence-electron chi connectivity index (χ1n) is 9.95. The minimum Gasteiger partial charge on any atom is -0.497 e. The summed E-state index contributed by atoms with van der Waals surface area (Å²) in [6, 6.07) is 19.7. The second-order valence-corrected chi connectivity index (χ2v) is 7.32. The number of benzene rings is 2. The maximum atomic E-state index is 5.50. The van der Waals surface area contributed by atoms with Gasteiger partial charge in [-0.25, -0.2) is 0 Å². The van der Waals surface area contributed by atoms with Crippen LogP contribution in [0.5, 0.6) is 5.75 Å². The van der Waals surface area contributed by atoms with Crippen LogP contribution in [0.1, 0.15) is 18.1 Å². The van der Waals surface area contributed by atoms with Gasteiger partial charge in [-0.1, -0.05) is 42.5 Å². The van der Waals surface area contributed by atoms with Gasteiger partial charge in [-0.15, -0.1) is 0 Å². The summed E-state index contributed by atoms with van der Waals surface area (Å²) < 4.78 is 10.8. The zero-order chi connectivity index (χ0) is 18.9. The second-order valence-electron chi connectivity index (χ2n) is 7.32. The first kappa shape index (κ1) is 19.9. The Bertz CT molecular complexity index is 654. The summed E-state index contributed by atoms with van der Waals surface area (Å²) >= 11 is 0. The highest BCUT2D eigenvalue weighted by Crippen LogP contribution is 2.15. The molecule has 1 aliphatic heterocycles. The fraction of sp³-hybridized carbons (Fsp3) is 0.478. The van der Waals surface area contributed by atoms with E-state index in [1.165, 1.54) is 11.1 Å². The summed E-state index contributed by atoms with van der Waals surface area (Å²) in [6.45, 7) is 9.29. The first-order valence-corrected chi connectivity index (χ1v) is 9.95. The molecule has 1 heterocycles. The van der Waals surface area contributed by atoms with Crippen LogP contribution in [-0.2, 0) is 17.7 Å². The number of methoxy groups -OCH3 is 1. The second kappa shape index (κ2) is 10.5. The molecule has 4 heteroatoms. The van der Waals surface area contributed by atoms with Gasteiger partial charge in [0.05, 0.1) is 20.3 Å². The van der Waals surface area contributed by atoms with E-state index >= 15 is 0 Å². The number of hydrogen-bond donors (Lipinski definition) is 0. The van der Waals surface area contributed by atoms with Gasteiger partial charge >= 0.3 is 0 Å². The van der Waals surface area contributed by atoms with E-state index in [4.69, 9.17) is 9.47 Å². The van der Waals surface area contributed by atoms with E-state index in [1.54, 1.807) is 7.11 Å². The largest absolute Gasteiger partial charge is 0.497 e. The van der Waals surface area contributed by atoms with Crippen molar-refractivity contribution in [2.45, 2.75) is 25.9 Å². The third-order valence-electron chi connectivity index (χ3n) is 5.32. The van der Waals surface area contributed by atoms with Crippen LogP contribution in [-0.4, -0.2) is 62.3 Å². The molecular weight excluding hydrogens is 336 g/mol. The van der Waals surface area contributed by atoms with E-state index in [1.807, 2.05) is 12.1 Å². The van der Waals surface area contributed by atoms with E-state index in [0.717, 1.165) is 58.1 Å². The van der Waals surface area contributed by atoms with Gasteiger partial charge in [0, 0.05) is 38.8 Å². The predicted octanol–water partition coefficient (Wildman–Crippen LogP) is 3.46. The van der Waals surface area contributed by atoms with Crippen LogP contribution in [0.4, 0.5) is 0 Å². The normalized spacial score (nSPS) is 16.4. The van der Waals surface area contributed by atoms with Crippen LogP contribution in [0.3, 0.4) is 0 Å². The molecule has 1 fully saturated rings. The number of hydrogen-bond acceptors (Lipinski definition) is 4. The van der Waals surface area contributed by atoms with Crippen molar-refractivity contribution in [2.24, 2.45) is 0 Å². The van der Waals surface area contributed by atoms with Crippen LogP contribution in [0.2, 0.25) is 0 Å². The Morgan fingerprint density at radius 2 is 1.70 bits per heavy atom. The van der Waals surface area contributed by atoms with Crippen molar-refractivity contribution in [2.75, 3.05) is 46.5 Å². The summed E-state index contributed by atoms with van der Waals surface area (Å²) in [5.41, 5.74) is 2.73. The van der Waals surface area contributed by atoms with Crippen molar-refractivity contribution < 1.29 is 9.47 Å². The number of ether oxygens (including phenoxy) is 2. The van der Waals surface area contributed by atoms with Crippen molar-refractivity contribution in [3.05, 3.63) is 65.7 Å². The highest BCUT2D eigenvalue weighted by atomic mass is 16.5. The standard InChI is InChI=1S/C23H32N2O2/c1-20(18-24-14-16-27-17-15-24)25(19-22-6-4-3-5-7-22)13-12-21-8-10-23(26-2)11-9-21/h3-11,20H,12-19H2,1-2H3. The highest BCUT2D eigenvalue weighted by Gasteiger charge is 2.19. The zero-order valence-electron chi connectivity index (χ0n) is 16.6. The molecule has 1 unspecified atom stereocenters. The third-order valence-corrected chi connectivity index (χ3v) is 5.32. The van der Waals surface area contributed by atoms with Gasteiger partial charge in [0.1, 0.15) is 5.75 Å². The van der Waals surface area contributed by atoms with Crippen LogP contribution < -0.4 is 4.74 Å². The molecule has 0 spiro atoms. The average Bonchev–Trinajstić information content (AvgIpc) is 2.73. The molecule has 1 atom stereocenters. The van der Waals surface area contributed by atoms with Crippen molar-refractivity contribution in [1.82, 2.24) is 9.80 Å². The summed E-state index contributed by atoms with van der Waals surface area (Å²) in [6.07, 6.45) is 1.05. The number of morpholine rings is 1. The summed E-state index contributed by atoms with van der Waals surface area (Å²) in [5, 5.41) is 0. The van der Waals surface area contributed by atoms with Gasteiger partial charge in [0.2, 0.25) is 0 Å². The maximum absolute atomic E-state index is 5.50. The molecule has 0 amide bonds. The highest BCUT2D eigenvalue weighted by molar-refractivity contribution is 5.27. The lowest BCUT2D eigenvalue weighted by Crippen LogP contribution is -2.46. The number of nitrogens with zero attached hydrogens (tertiary/aromatic N) is 2. The molecule has 0 bridgehead atoms. The summed E-state index contributed by atoms with van der Waals surface area (Å²) in [7, 11) is 1.71. The van der Waals surface area contributed by atoms with Gasteiger partial charge in [-0.3, -0.25) is 9.80 Å². The molecule has 4 nitrogen and oxygen atoms in total. The van der Waals surface area contributed by atoms with Crippen LogP contribution in [0, 0.1) is 0 Å².